The minimum absolute atomic E-state index is 0.0495. The maximum atomic E-state index is 13.0. The van der Waals surface area contributed by atoms with Crippen LogP contribution in [-0.4, -0.2) is 62.3 Å². The molecule has 0 saturated carbocycles. The van der Waals surface area contributed by atoms with Gasteiger partial charge in [-0.1, -0.05) is 17.8 Å². The van der Waals surface area contributed by atoms with Gasteiger partial charge in [-0.2, -0.15) is 0 Å². The number of nitrogens with one attached hydrogen (secondary N) is 1. The van der Waals surface area contributed by atoms with Crippen LogP contribution in [0.15, 0.2) is 64.6 Å². The van der Waals surface area contributed by atoms with Crippen LogP contribution in [0.3, 0.4) is 0 Å². The summed E-state index contributed by atoms with van der Waals surface area (Å²) in [5.74, 6) is -1.98. The summed E-state index contributed by atoms with van der Waals surface area (Å²) in [6.45, 7) is 5.90. The highest BCUT2D eigenvalue weighted by atomic mass is 32.2. The van der Waals surface area contributed by atoms with Crippen LogP contribution < -0.4 is 15.6 Å². The largest absolute Gasteiger partial charge is 0.477 e. The molecular weight excluding hydrogens is 492 g/mol. The van der Waals surface area contributed by atoms with Gasteiger partial charge in [-0.15, -0.1) is 23.1 Å². The minimum atomic E-state index is -1.19. The smallest absolute Gasteiger partial charge is 0.352 e. The number of nitrogens with two attached hydrogens (primary N) is 1. The average Bonchev–Trinajstić information content (AvgIpc) is 3.25. The standard InChI is InChI=1S/C22H22N6O5S2/c1-12(2)9-33-26-15(14-11-35-22(23)24-14)18(29)25-16-19(30)28-17(21(31)32)13(10-34-20(16)28)8-27-6-4-3-5-7-27/h3-7,11,16,20H,1,8-10H2,2H3,(H3-,23,24,25,29,31,32)/p+1/b26-15-. The number of nitrogen functional groups attached to an aromatic ring is 1. The summed E-state index contributed by atoms with van der Waals surface area (Å²) in [4.78, 5) is 48.6. The summed E-state index contributed by atoms with van der Waals surface area (Å²) in [5.41, 5.74) is 7.03. The Kier molecular flexibility index (Phi) is 7.17. The minimum Gasteiger partial charge on any atom is -0.477 e. The van der Waals surface area contributed by atoms with Crippen molar-refractivity contribution < 1.29 is 28.9 Å². The van der Waals surface area contributed by atoms with Crippen molar-refractivity contribution in [2.75, 3.05) is 18.1 Å². The van der Waals surface area contributed by atoms with Crippen molar-refractivity contribution in [1.29, 1.82) is 0 Å². The molecule has 4 rings (SSSR count). The molecule has 0 aromatic carbocycles. The van der Waals surface area contributed by atoms with E-state index in [4.69, 9.17) is 10.6 Å². The van der Waals surface area contributed by atoms with Gasteiger partial charge in [0.2, 0.25) is 0 Å². The Morgan fingerprint density at radius 2 is 2.14 bits per heavy atom. The van der Waals surface area contributed by atoms with Crippen LogP contribution in [0.5, 0.6) is 0 Å². The molecule has 2 aromatic rings. The number of β-lactam (4-membered cyclic amide) rings is 1. The van der Waals surface area contributed by atoms with E-state index in [1.165, 1.54) is 16.7 Å². The van der Waals surface area contributed by atoms with E-state index in [2.05, 4.69) is 22.0 Å². The number of thioether (sulfide) groups is 1. The number of fused-ring (bicyclic) bond motifs is 1. The number of aromatic nitrogens is 2. The van der Waals surface area contributed by atoms with E-state index in [0.717, 1.165) is 11.3 Å². The lowest BCUT2D eigenvalue weighted by atomic mass is 10.0. The number of rotatable bonds is 9. The summed E-state index contributed by atoms with van der Waals surface area (Å²) in [6, 6.07) is 4.63. The van der Waals surface area contributed by atoms with Crippen LogP contribution in [0.25, 0.3) is 0 Å². The maximum absolute atomic E-state index is 13.0. The number of aliphatic carboxylic acids is 1. The number of hydrogen-bond donors (Lipinski definition) is 3. The second-order valence-electron chi connectivity index (χ2n) is 7.91. The monoisotopic (exact) mass is 515 g/mol. The Labute approximate surface area is 209 Å². The molecule has 0 bridgehead atoms. The molecule has 11 nitrogen and oxygen atoms in total. The van der Waals surface area contributed by atoms with Gasteiger partial charge >= 0.3 is 5.97 Å². The molecule has 0 spiro atoms. The molecule has 1 saturated heterocycles. The molecule has 0 aliphatic carbocycles. The lowest BCUT2D eigenvalue weighted by molar-refractivity contribution is -0.689. The summed E-state index contributed by atoms with van der Waals surface area (Å²) < 4.78 is 1.84. The first-order valence-electron chi connectivity index (χ1n) is 10.5. The zero-order chi connectivity index (χ0) is 25.1. The van der Waals surface area contributed by atoms with E-state index in [0.29, 0.717) is 23.4 Å². The van der Waals surface area contributed by atoms with Crippen molar-refractivity contribution in [3.63, 3.8) is 0 Å². The van der Waals surface area contributed by atoms with Crippen LogP contribution in [0, 0.1) is 0 Å². The number of nitrogens with zero attached hydrogens (tertiary/aromatic N) is 4. The topological polar surface area (TPSA) is 151 Å². The first-order chi connectivity index (χ1) is 16.8. The van der Waals surface area contributed by atoms with Crippen molar-refractivity contribution in [1.82, 2.24) is 15.2 Å². The van der Waals surface area contributed by atoms with Crippen molar-refractivity contribution in [3.05, 3.63) is 65.1 Å². The molecule has 0 radical (unpaired) electrons. The van der Waals surface area contributed by atoms with Crippen LogP contribution in [0.4, 0.5) is 5.13 Å². The van der Waals surface area contributed by atoms with Crippen LogP contribution in [-0.2, 0) is 25.8 Å². The summed E-state index contributed by atoms with van der Waals surface area (Å²) in [5, 5.41) is 17.6. The fourth-order valence-corrected chi connectivity index (χ4v) is 5.47. The fourth-order valence-electron chi connectivity index (χ4n) is 3.58. The number of carbonyl (C=O) groups excluding carboxylic acids is 2. The van der Waals surface area contributed by atoms with Gasteiger partial charge in [-0.3, -0.25) is 14.5 Å². The summed E-state index contributed by atoms with van der Waals surface area (Å²) in [6.07, 6.45) is 3.65. The average molecular weight is 516 g/mol. The Balaban J connectivity index is 1.52. The second kappa shape index (κ2) is 10.3. The summed E-state index contributed by atoms with van der Waals surface area (Å²) in [7, 11) is 0. The molecule has 4 heterocycles. The number of carboxylic acids is 1. The van der Waals surface area contributed by atoms with Crippen LogP contribution in [0.1, 0.15) is 12.6 Å². The third kappa shape index (κ3) is 5.20. The van der Waals surface area contributed by atoms with Crippen molar-refractivity contribution in [2.24, 2.45) is 5.16 Å². The van der Waals surface area contributed by atoms with Gasteiger partial charge in [0, 0.05) is 28.8 Å². The predicted molar refractivity (Wildman–Crippen MR) is 130 cm³/mol. The van der Waals surface area contributed by atoms with E-state index in [9.17, 15) is 19.5 Å². The van der Waals surface area contributed by atoms with Gasteiger partial charge in [0.05, 0.1) is 0 Å². The lowest BCUT2D eigenvalue weighted by Gasteiger charge is -2.49. The molecule has 182 valence electrons. The first-order valence-corrected chi connectivity index (χ1v) is 12.4. The van der Waals surface area contributed by atoms with E-state index in [1.54, 1.807) is 12.3 Å². The van der Waals surface area contributed by atoms with Crippen LogP contribution in [0.2, 0.25) is 0 Å². The maximum Gasteiger partial charge on any atom is 0.352 e. The Bertz CT molecular complexity index is 1240. The number of amides is 2. The molecule has 13 heteroatoms. The molecule has 2 amide bonds. The number of pyridine rings is 1. The Morgan fingerprint density at radius 1 is 1.40 bits per heavy atom. The van der Waals surface area contributed by atoms with Crippen LogP contribution >= 0.6 is 23.1 Å². The zero-order valence-corrected chi connectivity index (χ0v) is 20.3. The van der Waals surface area contributed by atoms with Crippen molar-refractivity contribution in [2.45, 2.75) is 24.9 Å². The molecule has 2 aromatic heterocycles. The molecule has 1 fully saturated rings. The molecule has 4 N–H and O–H groups in total. The van der Waals surface area contributed by atoms with Crippen molar-refractivity contribution >= 4 is 51.7 Å². The summed E-state index contributed by atoms with van der Waals surface area (Å²) >= 11 is 2.52. The quantitative estimate of drug-likeness (QED) is 0.146. The number of anilines is 1. The highest BCUT2D eigenvalue weighted by Crippen LogP contribution is 2.40. The van der Waals surface area contributed by atoms with Gasteiger partial charge < -0.3 is 21.0 Å². The third-order valence-corrected chi connectivity index (χ3v) is 7.15. The SMILES string of the molecule is C=C(C)CO/N=C(\C(=O)NC1C(=O)N2C(C(=O)O)=C(C[n+]3ccccc3)CSC12)c1csc(N)n1. The Hall–Kier alpha value is -3.71. The molecule has 2 unspecified atom stereocenters. The number of thiazole rings is 1. The number of carbonyl (C=O) groups is 3. The molecule has 2 aliphatic heterocycles. The fraction of sp³-hybridized carbons (Fsp3) is 0.273. The molecule has 35 heavy (non-hydrogen) atoms. The van der Waals surface area contributed by atoms with Gasteiger partial charge in [0.1, 0.15) is 29.4 Å². The normalized spacial score (nSPS) is 19.6. The Morgan fingerprint density at radius 3 is 2.77 bits per heavy atom. The van der Waals surface area contributed by atoms with Gasteiger partial charge in [0.15, 0.2) is 29.8 Å². The van der Waals surface area contributed by atoms with E-state index in [-0.39, 0.29) is 28.8 Å². The predicted octanol–water partition coefficient (Wildman–Crippen LogP) is 0.748. The highest BCUT2D eigenvalue weighted by Gasteiger charge is 2.54. The van der Waals surface area contributed by atoms with Crippen molar-refractivity contribution in [3.8, 4) is 0 Å². The third-order valence-electron chi connectivity index (χ3n) is 5.13. The molecule has 2 aliphatic rings. The van der Waals surface area contributed by atoms with E-state index < -0.39 is 29.2 Å². The van der Waals surface area contributed by atoms with E-state index in [1.807, 2.05) is 35.2 Å². The van der Waals surface area contributed by atoms with E-state index >= 15 is 0 Å². The lowest BCUT2D eigenvalue weighted by Crippen LogP contribution is -2.71. The number of carboxylic acid groups (broad SMARTS) is 1. The zero-order valence-electron chi connectivity index (χ0n) is 18.7. The first kappa shape index (κ1) is 24.4. The van der Waals surface area contributed by atoms with Gasteiger partial charge in [-0.05, 0) is 12.5 Å². The molecule has 2 atom stereocenters. The molecular formula is C22H23N6O5S2+. The van der Waals surface area contributed by atoms with Gasteiger partial charge in [0.25, 0.3) is 11.8 Å². The van der Waals surface area contributed by atoms with Gasteiger partial charge in [-0.25, -0.2) is 14.3 Å². The highest BCUT2D eigenvalue weighted by molar-refractivity contribution is 8.00. The number of hydrogen-bond acceptors (Lipinski definition) is 9. The number of oxime groups is 1. The second-order valence-corrected chi connectivity index (χ2v) is 9.90.